The Hall–Kier alpha value is -2.34. The fourth-order valence-electron chi connectivity index (χ4n) is 1.81. The molecule has 1 aromatic carbocycles. The summed E-state index contributed by atoms with van der Waals surface area (Å²) in [5, 5.41) is 16.7. The molecule has 6 nitrogen and oxygen atoms in total. The molecule has 1 aromatic heterocycles. The zero-order valence-electron chi connectivity index (χ0n) is 11.5. The van der Waals surface area contributed by atoms with E-state index in [9.17, 15) is 9.90 Å². The van der Waals surface area contributed by atoms with Gasteiger partial charge in [-0.1, -0.05) is 0 Å². The summed E-state index contributed by atoms with van der Waals surface area (Å²) in [6.45, 7) is 2.87. The number of rotatable bonds is 5. The molecule has 0 spiro atoms. The number of aromatic nitrogens is 2. The summed E-state index contributed by atoms with van der Waals surface area (Å²) in [6.07, 6.45) is 0. The van der Waals surface area contributed by atoms with E-state index in [0.29, 0.717) is 24.5 Å². The summed E-state index contributed by atoms with van der Waals surface area (Å²) in [7, 11) is 1.74. The van der Waals surface area contributed by atoms with E-state index in [-0.39, 0.29) is 11.3 Å². The van der Waals surface area contributed by atoms with Crippen LogP contribution in [0.1, 0.15) is 12.6 Å². The first kappa shape index (κ1) is 14.1. The van der Waals surface area contributed by atoms with Crippen molar-refractivity contribution < 1.29 is 9.84 Å². The summed E-state index contributed by atoms with van der Waals surface area (Å²) in [6, 6.07) is 8.21. The summed E-state index contributed by atoms with van der Waals surface area (Å²) in [5.41, 5.74) is 0.656. The Kier molecular flexibility index (Phi) is 4.37. The van der Waals surface area contributed by atoms with Crippen LogP contribution < -0.4 is 15.6 Å². The zero-order valence-corrected chi connectivity index (χ0v) is 11.5. The number of aromatic hydroxyl groups is 1. The molecule has 1 heterocycles. The number of hydrogen-bond acceptors (Lipinski definition) is 5. The zero-order chi connectivity index (χ0) is 14.5. The van der Waals surface area contributed by atoms with Crippen molar-refractivity contribution in [3.05, 3.63) is 46.4 Å². The van der Waals surface area contributed by atoms with Crippen molar-refractivity contribution in [3.63, 3.8) is 0 Å². The minimum atomic E-state index is -0.383. The number of benzene rings is 1. The molecule has 0 aliphatic rings. The summed E-state index contributed by atoms with van der Waals surface area (Å²) in [5.74, 6) is 0.630. The Morgan fingerprint density at radius 1 is 1.35 bits per heavy atom. The predicted molar refractivity (Wildman–Crippen MR) is 75.4 cm³/mol. The predicted octanol–water partition coefficient (Wildman–Crippen LogP) is 1.06. The molecule has 0 bridgehead atoms. The van der Waals surface area contributed by atoms with E-state index >= 15 is 0 Å². The Labute approximate surface area is 116 Å². The van der Waals surface area contributed by atoms with Gasteiger partial charge in [0.15, 0.2) is 0 Å². The Morgan fingerprint density at radius 3 is 2.65 bits per heavy atom. The third kappa shape index (κ3) is 2.97. The molecule has 0 radical (unpaired) electrons. The van der Waals surface area contributed by atoms with Crippen LogP contribution in [0.25, 0.3) is 5.69 Å². The van der Waals surface area contributed by atoms with Gasteiger partial charge in [0.1, 0.15) is 17.2 Å². The van der Waals surface area contributed by atoms with Gasteiger partial charge in [-0.25, -0.2) is 0 Å². The molecule has 0 aliphatic heterocycles. The third-order valence-corrected chi connectivity index (χ3v) is 2.72. The maximum atomic E-state index is 11.9. The lowest BCUT2D eigenvalue weighted by atomic mass is 10.3. The monoisotopic (exact) mass is 275 g/mol. The number of nitrogens with one attached hydrogen (secondary N) is 1. The minimum absolute atomic E-state index is 0.105. The topological polar surface area (TPSA) is 76.4 Å². The Bertz CT molecular complexity index is 635. The molecule has 2 aromatic rings. The first-order valence-corrected chi connectivity index (χ1v) is 6.35. The summed E-state index contributed by atoms with van der Waals surface area (Å²) in [4.78, 5) is 11.9. The smallest absolute Gasteiger partial charge is 0.275 e. The van der Waals surface area contributed by atoms with E-state index in [1.165, 1.54) is 4.68 Å². The highest BCUT2D eigenvalue weighted by molar-refractivity contribution is 5.37. The maximum Gasteiger partial charge on any atom is 0.275 e. The summed E-state index contributed by atoms with van der Waals surface area (Å²) >= 11 is 0. The van der Waals surface area contributed by atoms with E-state index in [1.807, 2.05) is 6.92 Å². The quantitative estimate of drug-likeness (QED) is 0.853. The van der Waals surface area contributed by atoms with Gasteiger partial charge in [0.05, 0.1) is 12.3 Å². The first-order chi connectivity index (χ1) is 9.65. The maximum absolute atomic E-state index is 11.9. The SMILES string of the molecule is CCOc1ccc(-n2nc(CNC)c(O)cc2=O)cc1. The fourth-order valence-corrected chi connectivity index (χ4v) is 1.81. The summed E-state index contributed by atoms with van der Waals surface area (Å²) < 4.78 is 6.60. The molecule has 2 rings (SSSR count). The van der Waals surface area contributed by atoms with Crippen LogP contribution in [-0.2, 0) is 6.54 Å². The van der Waals surface area contributed by atoms with Crippen molar-refractivity contribution in [1.29, 1.82) is 0 Å². The number of hydrogen-bond donors (Lipinski definition) is 2. The lowest BCUT2D eigenvalue weighted by Crippen LogP contribution is -2.23. The highest BCUT2D eigenvalue weighted by Crippen LogP contribution is 2.15. The van der Waals surface area contributed by atoms with Crippen LogP contribution >= 0.6 is 0 Å². The molecular formula is C14H17N3O3. The van der Waals surface area contributed by atoms with Gasteiger partial charge in [-0.15, -0.1) is 0 Å². The normalized spacial score (nSPS) is 10.5. The molecular weight excluding hydrogens is 258 g/mol. The van der Waals surface area contributed by atoms with E-state index < -0.39 is 0 Å². The number of ether oxygens (including phenoxy) is 1. The Morgan fingerprint density at radius 2 is 2.05 bits per heavy atom. The molecule has 6 heteroatoms. The van der Waals surface area contributed by atoms with Gasteiger partial charge < -0.3 is 15.2 Å². The van der Waals surface area contributed by atoms with Gasteiger partial charge in [0.2, 0.25) is 0 Å². The average Bonchev–Trinajstić information content (AvgIpc) is 2.43. The second-order valence-electron chi connectivity index (χ2n) is 4.18. The fraction of sp³-hybridized carbons (Fsp3) is 0.286. The highest BCUT2D eigenvalue weighted by Gasteiger charge is 2.08. The minimum Gasteiger partial charge on any atom is -0.506 e. The largest absolute Gasteiger partial charge is 0.506 e. The molecule has 0 saturated carbocycles. The van der Waals surface area contributed by atoms with Gasteiger partial charge in [0.25, 0.3) is 5.56 Å². The van der Waals surface area contributed by atoms with E-state index in [4.69, 9.17) is 4.74 Å². The lowest BCUT2D eigenvalue weighted by molar-refractivity contribution is 0.340. The molecule has 0 saturated heterocycles. The van der Waals surface area contributed by atoms with Crippen LogP contribution in [0, 0.1) is 0 Å². The average molecular weight is 275 g/mol. The highest BCUT2D eigenvalue weighted by atomic mass is 16.5. The van der Waals surface area contributed by atoms with Crippen molar-refractivity contribution in [2.75, 3.05) is 13.7 Å². The van der Waals surface area contributed by atoms with Gasteiger partial charge in [0, 0.05) is 12.6 Å². The van der Waals surface area contributed by atoms with E-state index in [2.05, 4.69) is 10.4 Å². The molecule has 0 amide bonds. The van der Waals surface area contributed by atoms with E-state index in [0.717, 1.165) is 11.8 Å². The van der Waals surface area contributed by atoms with E-state index in [1.54, 1.807) is 31.3 Å². The van der Waals surface area contributed by atoms with Crippen LogP contribution in [0.15, 0.2) is 35.1 Å². The van der Waals surface area contributed by atoms with Gasteiger partial charge in [-0.2, -0.15) is 9.78 Å². The van der Waals surface area contributed by atoms with Gasteiger partial charge in [-0.05, 0) is 38.2 Å². The van der Waals surface area contributed by atoms with Crippen molar-refractivity contribution in [2.24, 2.45) is 0 Å². The van der Waals surface area contributed by atoms with Crippen LogP contribution in [0.3, 0.4) is 0 Å². The second kappa shape index (κ2) is 6.21. The molecule has 0 fully saturated rings. The van der Waals surface area contributed by atoms with Gasteiger partial charge in [-0.3, -0.25) is 4.79 Å². The first-order valence-electron chi connectivity index (χ1n) is 6.35. The third-order valence-electron chi connectivity index (χ3n) is 2.72. The van der Waals surface area contributed by atoms with Crippen LogP contribution in [-0.4, -0.2) is 28.5 Å². The molecule has 0 unspecified atom stereocenters. The van der Waals surface area contributed by atoms with Crippen molar-refractivity contribution in [3.8, 4) is 17.2 Å². The second-order valence-corrected chi connectivity index (χ2v) is 4.18. The van der Waals surface area contributed by atoms with Crippen molar-refractivity contribution in [1.82, 2.24) is 15.1 Å². The standard InChI is InChI=1S/C14H17N3O3/c1-3-20-11-6-4-10(5-7-11)17-14(19)8-13(18)12(16-17)9-15-2/h4-8,15,18H,3,9H2,1-2H3. The van der Waals surface area contributed by atoms with Crippen molar-refractivity contribution in [2.45, 2.75) is 13.5 Å². The van der Waals surface area contributed by atoms with Crippen LogP contribution in [0.2, 0.25) is 0 Å². The number of nitrogens with zero attached hydrogens (tertiary/aromatic N) is 2. The van der Waals surface area contributed by atoms with Crippen molar-refractivity contribution >= 4 is 0 Å². The molecule has 2 N–H and O–H groups in total. The Balaban J connectivity index is 2.41. The van der Waals surface area contributed by atoms with Crippen LogP contribution in [0.4, 0.5) is 0 Å². The van der Waals surface area contributed by atoms with Gasteiger partial charge >= 0.3 is 0 Å². The molecule has 20 heavy (non-hydrogen) atoms. The lowest BCUT2D eigenvalue weighted by Gasteiger charge is -2.09. The molecule has 0 atom stereocenters. The van der Waals surface area contributed by atoms with Crippen LogP contribution in [0.5, 0.6) is 11.5 Å². The molecule has 0 aliphatic carbocycles. The molecule has 106 valence electrons.